The molecule has 0 unspecified atom stereocenters. The molecular formula is C20H18O4. The molecule has 0 bridgehead atoms. The molecule has 0 amide bonds. The molecule has 2 aromatic carbocycles. The Morgan fingerprint density at radius 2 is 1.83 bits per heavy atom. The summed E-state index contributed by atoms with van der Waals surface area (Å²) in [5.41, 5.74) is 3.11. The third-order valence-corrected chi connectivity index (χ3v) is 3.47. The number of methoxy groups -OCH3 is 1. The molecule has 0 saturated carbocycles. The Morgan fingerprint density at radius 1 is 1.04 bits per heavy atom. The van der Waals surface area contributed by atoms with Gasteiger partial charge < -0.3 is 9.47 Å². The van der Waals surface area contributed by atoms with Gasteiger partial charge in [-0.3, -0.25) is 0 Å². The van der Waals surface area contributed by atoms with E-state index in [-0.39, 0.29) is 6.61 Å². The van der Waals surface area contributed by atoms with E-state index in [0.717, 1.165) is 11.1 Å². The molecular weight excluding hydrogens is 304 g/mol. The fraction of sp³-hybridized carbons (Fsp3) is 0.100. The second-order valence-corrected chi connectivity index (χ2v) is 5.02. The van der Waals surface area contributed by atoms with E-state index >= 15 is 0 Å². The topological polar surface area (TPSA) is 52.6 Å². The van der Waals surface area contributed by atoms with Crippen LogP contribution in [-0.2, 0) is 16.1 Å². The average molecular weight is 322 g/mol. The summed E-state index contributed by atoms with van der Waals surface area (Å²) in [5.74, 6) is -0.856. The molecule has 0 N–H and O–H groups in total. The fourth-order valence-electron chi connectivity index (χ4n) is 2.19. The molecule has 0 spiro atoms. The average Bonchev–Trinajstić information content (AvgIpc) is 2.65. The van der Waals surface area contributed by atoms with Crippen molar-refractivity contribution in [2.75, 3.05) is 7.11 Å². The van der Waals surface area contributed by atoms with Gasteiger partial charge in [0.2, 0.25) is 0 Å². The van der Waals surface area contributed by atoms with E-state index in [4.69, 9.17) is 9.47 Å². The van der Waals surface area contributed by atoms with Crippen molar-refractivity contribution in [1.82, 2.24) is 0 Å². The normalized spacial score (nSPS) is 9.88. The van der Waals surface area contributed by atoms with E-state index in [1.807, 2.05) is 6.07 Å². The predicted octanol–water partition coefficient (Wildman–Crippen LogP) is 4.12. The highest BCUT2D eigenvalue weighted by atomic mass is 16.5. The van der Waals surface area contributed by atoms with Gasteiger partial charge in [0.15, 0.2) is 0 Å². The Balaban J connectivity index is 2.11. The zero-order valence-corrected chi connectivity index (χ0v) is 13.5. The van der Waals surface area contributed by atoms with Crippen molar-refractivity contribution in [3.8, 4) is 0 Å². The van der Waals surface area contributed by atoms with Crippen molar-refractivity contribution in [3.63, 3.8) is 0 Å². The molecule has 0 radical (unpaired) electrons. The minimum atomic E-state index is -0.435. The van der Waals surface area contributed by atoms with Crippen LogP contribution in [0.2, 0.25) is 0 Å². The van der Waals surface area contributed by atoms with E-state index in [0.29, 0.717) is 16.7 Å². The maximum Gasteiger partial charge on any atom is 0.338 e. The van der Waals surface area contributed by atoms with Crippen LogP contribution in [0.25, 0.3) is 12.2 Å². The third kappa shape index (κ3) is 3.98. The number of benzene rings is 2. The predicted molar refractivity (Wildman–Crippen MR) is 93.5 cm³/mol. The van der Waals surface area contributed by atoms with Gasteiger partial charge in [0, 0.05) is 0 Å². The summed E-state index contributed by atoms with van der Waals surface area (Å²) in [6, 6.07) is 12.1. The second kappa shape index (κ2) is 7.92. The molecule has 0 atom stereocenters. The van der Waals surface area contributed by atoms with Crippen LogP contribution >= 0.6 is 0 Å². The van der Waals surface area contributed by atoms with Crippen molar-refractivity contribution >= 4 is 24.1 Å². The molecule has 0 fully saturated rings. The second-order valence-electron chi connectivity index (χ2n) is 5.02. The molecule has 4 nitrogen and oxygen atoms in total. The molecule has 2 aromatic rings. The van der Waals surface area contributed by atoms with Crippen molar-refractivity contribution in [2.45, 2.75) is 6.61 Å². The lowest BCUT2D eigenvalue weighted by atomic mass is 10.0. The number of esters is 2. The molecule has 2 rings (SSSR count). The SMILES string of the molecule is C=Cc1cccc(C(=O)OCc2ccc(C(=O)OC)c(C=C)c2)c1. The number of hydrogen-bond acceptors (Lipinski definition) is 4. The van der Waals surface area contributed by atoms with Crippen LogP contribution in [0.5, 0.6) is 0 Å². The van der Waals surface area contributed by atoms with Crippen LogP contribution in [0.15, 0.2) is 55.6 Å². The Hall–Kier alpha value is -3.14. The van der Waals surface area contributed by atoms with Crippen LogP contribution in [0.1, 0.15) is 37.4 Å². The number of rotatable bonds is 6. The molecule has 0 aromatic heterocycles. The summed E-state index contributed by atoms with van der Waals surface area (Å²) in [7, 11) is 1.32. The zero-order chi connectivity index (χ0) is 17.5. The van der Waals surface area contributed by atoms with Gasteiger partial charge in [-0.2, -0.15) is 0 Å². The van der Waals surface area contributed by atoms with Gasteiger partial charge in [-0.25, -0.2) is 9.59 Å². The zero-order valence-electron chi connectivity index (χ0n) is 13.5. The maximum absolute atomic E-state index is 12.1. The minimum Gasteiger partial charge on any atom is -0.465 e. The summed E-state index contributed by atoms with van der Waals surface area (Å²) >= 11 is 0. The quantitative estimate of drug-likeness (QED) is 0.751. The highest BCUT2D eigenvalue weighted by Gasteiger charge is 2.12. The Labute approximate surface area is 141 Å². The van der Waals surface area contributed by atoms with Gasteiger partial charge in [0.25, 0.3) is 0 Å². The van der Waals surface area contributed by atoms with Gasteiger partial charge in [-0.05, 0) is 41.0 Å². The standard InChI is InChI=1S/C20H18O4/c1-4-14-7-6-8-17(11-14)19(21)24-13-15-9-10-18(20(22)23-3)16(5-2)12-15/h4-12H,1-2,13H2,3H3. The Kier molecular flexibility index (Phi) is 5.68. The molecule has 0 aliphatic rings. The number of carbonyl (C=O) groups excluding carboxylic acids is 2. The maximum atomic E-state index is 12.1. The molecule has 0 aliphatic heterocycles. The number of ether oxygens (including phenoxy) is 2. The fourth-order valence-corrected chi connectivity index (χ4v) is 2.19. The summed E-state index contributed by atoms with van der Waals surface area (Å²) in [5, 5.41) is 0. The van der Waals surface area contributed by atoms with E-state index in [9.17, 15) is 9.59 Å². The lowest BCUT2D eigenvalue weighted by Crippen LogP contribution is -2.07. The van der Waals surface area contributed by atoms with Crippen molar-refractivity contribution in [2.24, 2.45) is 0 Å². The van der Waals surface area contributed by atoms with Crippen LogP contribution < -0.4 is 0 Å². The molecule has 122 valence electrons. The largest absolute Gasteiger partial charge is 0.465 e. The van der Waals surface area contributed by atoms with Gasteiger partial charge in [0.1, 0.15) is 6.61 Å². The number of hydrogen-bond donors (Lipinski definition) is 0. The molecule has 4 heteroatoms. The summed E-state index contributed by atoms with van der Waals surface area (Å²) in [4.78, 5) is 23.8. The molecule has 0 aliphatic carbocycles. The van der Waals surface area contributed by atoms with Gasteiger partial charge in [-0.1, -0.05) is 43.5 Å². The van der Waals surface area contributed by atoms with Crippen LogP contribution in [-0.4, -0.2) is 19.0 Å². The number of carbonyl (C=O) groups is 2. The first-order valence-electron chi connectivity index (χ1n) is 7.32. The first kappa shape index (κ1) is 17.2. The lowest BCUT2D eigenvalue weighted by molar-refractivity contribution is 0.0471. The van der Waals surface area contributed by atoms with Crippen LogP contribution in [0, 0.1) is 0 Å². The van der Waals surface area contributed by atoms with Crippen LogP contribution in [0.4, 0.5) is 0 Å². The van der Waals surface area contributed by atoms with Crippen molar-refractivity contribution < 1.29 is 19.1 Å². The van der Waals surface area contributed by atoms with Crippen molar-refractivity contribution in [3.05, 3.63) is 83.4 Å². The van der Waals surface area contributed by atoms with Gasteiger partial charge in [-0.15, -0.1) is 0 Å². The highest BCUT2D eigenvalue weighted by Crippen LogP contribution is 2.16. The molecule has 24 heavy (non-hydrogen) atoms. The molecule has 0 saturated heterocycles. The summed E-state index contributed by atoms with van der Waals surface area (Å²) in [6.45, 7) is 7.46. The van der Waals surface area contributed by atoms with E-state index in [1.165, 1.54) is 7.11 Å². The monoisotopic (exact) mass is 322 g/mol. The first-order chi connectivity index (χ1) is 11.6. The first-order valence-corrected chi connectivity index (χ1v) is 7.32. The van der Waals surface area contributed by atoms with E-state index < -0.39 is 11.9 Å². The van der Waals surface area contributed by atoms with E-state index in [2.05, 4.69) is 13.2 Å². The minimum absolute atomic E-state index is 0.0967. The summed E-state index contributed by atoms with van der Waals surface area (Å²) < 4.78 is 10.0. The Bertz CT molecular complexity index is 790. The lowest BCUT2D eigenvalue weighted by Gasteiger charge is -2.09. The smallest absolute Gasteiger partial charge is 0.338 e. The van der Waals surface area contributed by atoms with Crippen molar-refractivity contribution in [1.29, 1.82) is 0 Å². The molecule has 0 heterocycles. The van der Waals surface area contributed by atoms with Crippen LogP contribution in [0.3, 0.4) is 0 Å². The third-order valence-electron chi connectivity index (χ3n) is 3.47. The Morgan fingerprint density at radius 3 is 2.50 bits per heavy atom. The highest BCUT2D eigenvalue weighted by molar-refractivity contribution is 5.93. The van der Waals surface area contributed by atoms with E-state index in [1.54, 1.807) is 48.6 Å². The van der Waals surface area contributed by atoms with Gasteiger partial charge >= 0.3 is 11.9 Å². The van der Waals surface area contributed by atoms with Gasteiger partial charge in [0.05, 0.1) is 18.2 Å². The summed E-state index contributed by atoms with van der Waals surface area (Å²) in [6.07, 6.45) is 3.23.